The molecular weight excluding hydrogens is 404 g/mol. The minimum Gasteiger partial charge on any atom is -0.475 e. The van der Waals surface area contributed by atoms with Gasteiger partial charge < -0.3 is 15.4 Å². The van der Waals surface area contributed by atoms with E-state index < -0.39 is 15.9 Å². The van der Waals surface area contributed by atoms with Crippen molar-refractivity contribution in [2.75, 3.05) is 19.0 Å². The molecule has 1 aromatic carbocycles. The van der Waals surface area contributed by atoms with Crippen molar-refractivity contribution in [2.45, 2.75) is 56.0 Å². The van der Waals surface area contributed by atoms with Crippen LogP contribution in [0.3, 0.4) is 0 Å². The molecule has 2 heterocycles. The molecule has 30 heavy (non-hydrogen) atoms. The Morgan fingerprint density at radius 3 is 2.63 bits per heavy atom. The number of anilines is 1. The van der Waals surface area contributed by atoms with Gasteiger partial charge in [0.2, 0.25) is 5.88 Å². The normalized spacial score (nSPS) is 21.2. The largest absolute Gasteiger partial charge is 0.475 e. The van der Waals surface area contributed by atoms with E-state index in [9.17, 15) is 9.00 Å². The molecule has 3 aliphatic rings. The molecule has 5 rings (SSSR count). The second-order valence-corrected chi connectivity index (χ2v) is 9.88. The van der Waals surface area contributed by atoms with E-state index in [4.69, 9.17) is 9.88 Å². The molecule has 0 fully saturated rings. The standard InChI is InChI=1S/C20H26N6O3S/c1-22-14-10-26-19(29-11-14)17(9-23-26)30(21,28)25-20(27)24-18-15-6-2-4-12(15)8-13-5-3-7-16(13)18/h8-9,14,22H,2-7,10-11H2,1H3,(H3,21,24,25,27,28)/t14-,30?/m1/s1. The fourth-order valence-corrected chi connectivity index (χ4v) is 5.72. The van der Waals surface area contributed by atoms with E-state index in [-0.39, 0.29) is 10.9 Å². The molecule has 10 heteroatoms. The van der Waals surface area contributed by atoms with E-state index in [0.717, 1.165) is 44.2 Å². The lowest BCUT2D eigenvalue weighted by molar-refractivity contribution is 0.184. The molecule has 2 atom stereocenters. The first-order valence-electron chi connectivity index (χ1n) is 10.3. The maximum Gasteiger partial charge on any atom is 0.354 e. The number of hydrogen-bond acceptors (Lipinski definition) is 5. The van der Waals surface area contributed by atoms with Gasteiger partial charge in [-0.1, -0.05) is 6.07 Å². The number of nitrogens with zero attached hydrogens (tertiary/aromatic N) is 3. The topological polar surface area (TPSA) is 124 Å². The minimum atomic E-state index is -3.50. The van der Waals surface area contributed by atoms with E-state index in [1.807, 2.05) is 7.05 Å². The monoisotopic (exact) mass is 430 g/mol. The lowest BCUT2D eigenvalue weighted by atomic mass is 9.99. The summed E-state index contributed by atoms with van der Waals surface area (Å²) in [6, 6.07) is 1.70. The quantitative estimate of drug-likeness (QED) is 0.685. The van der Waals surface area contributed by atoms with Crippen molar-refractivity contribution in [3.05, 3.63) is 34.5 Å². The summed E-state index contributed by atoms with van der Waals surface area (Å²) in [5.74, 6) is 0.312. The number of amides is 2. The van der Waals surface area contributed by atoms with Crippen LogP contribution in [0.1, 0.15) is 35.1 Å². The van der Waals surface area contributed by atoms with Crippen molar-refractivity contribution in [2.24, 2.45) is 9.50 Å². The number of aryl methyl sites for hydroxylation is 2. The van der Waals surface area contributed by atoms with Crippen molar-refractivity contribution in [3.8, 4) is 5.88 Å². The van der Waals surface area contributed by atoms with Crippen LogP contribution in [0.25, 0.3) is 0 Å². The summed E-state index contributed by atoms with van der Waals surface area (Å²) in [5, 5.41) is 16.2. The third-order valence-corrected chi connectivity index (χ3v) is 7.57. The highest BCUT2D eigenvalue weighted by molar-refractivity contribution is 7.91. The highest BCUT2D eigenvalue weighted by Crippen LogP contribution is 2.38. The summed E-state index contributed by atoms with van der Waals surface area (Å²) in [5.41, 5.74) is 5.83. The number of urea groups is 1. The van der Waals surface area contributed by atoms with E-state index in [2.05, 4.69) is 26.2 Å². The Hall–Kier alpha value is -2.43. The molecule has 2 aliphatic carbocycles. The number of nitrogens with one attached hydrogen (secondary N) is 2. The molecule has 0 radical (unpaired) electrons. The van der Waals surface area contributed by atoms with Crippen LogP contribution in [-0.4, -0.2) is 39.7 Å². The van der Waals surface area contributed by atoms with E-state index in [1.54, 1.807) is 4.68 Å². The van der Waals surface area contributed by atoms with Crippen molar-refractivity contribution in [1.82, 2.24) is 15.1 Å². The predicted molar refractivity (Wildman–Crippen MR) is 113 cm³/mol. The number of carbonyl (C=O) groups excluding carboxylic acids is 1. The van der Waals surface area contributed by atoms with Crippen LogP contribution >= 0.6 is 0 Å². The Labute approximate surface area is 175 Å². The van der Waals surface area contributed by atoms with Gasteiger partial charge in [0.05, 0.1) is 18.8 Å². The third kappa shape index (κ3) is 3.28. The van der Waals surface area contributed by atoms with Crippen LogP contribution < -0.4 is 20.5 Å². The van der Waals surface area contributed by atoms with Crippen LogP contribution in [0.5, 0.6) is 5.88 Å². The Balaban J connectivity index is 1.45. The SMILES string of the molecule is CN[C@H]1COc2c(S(N)(=O)=NC(=O)Nc3c4c(cc5c3CCC5)CCC4)cnn2C1. The zero-order valence-corrected chi connectivity index (χ0v) is 17.8. The molecule has 0 saturated carbocycles. The summed E-state index contributed by atoms with van der Waals surface area (Å²) in [6.45, 7) is 0.967. The zero-order valence-electron chi connectivity index (χ0n) is 16.9. The summed E-state index contributed by atoms with van der Waals surface area (Å²) in [4.78, 5) is 12.9. The van der Waals surface area contributed by atoms with Gasteiger partial charge in [0.25, 0.3) is 0 Å². The van der Waals surface area contributed by atoms with E-state index in [0.29, 0.717) is 19.0 Å². The molecule has 2 amide bonds. The van der Waals surface area contributed by atoms with E-state index >= 15 is 0 Å². The molecule has 1 aromatic heterocycles. The van der Waals surface area contributed by atoms with Gasteiger partial charge in [-0.3, -0.25) is 0 Å². The molecule has 2 aromatic rings. The molecular formula is C20H26N6O3S. The maximum atomic E-state index is 13.1. The number of benzene rings is 1. The second kappa shape index (κ2) is 7.36. The van der Waals surface area contributed by atoms with E-state index in [1.165, 1.54) is 28.5 Å². The van der Waals surface area contributed by atoms with Crippen LogP contribution in [0, 0.1) is 0 Å². The highest BCUT2D eigenvalue weighted by atomic mass is 32.2. The number of rotatable bonds is 3. The molecule has 4 N–H and O–H groups in total. The van der Waals surface area contributed by atoms with Gasteiger partial charge in [0.15, 0.2) is 9.92 Å². The first-order valence-corrected chi connectivity index (χ1v) is 11.9. The van der Waals surface area contributed by atoms with Gasteiger partial charge in [0, 0.05) is 5.69 Å². The molecule has 0 spiro atoms. The number of hydrogen-bond donors (Lipinski definition) is 3. The third-order valence-electron chi connectivity index (χ3n) is 6.22. The smallest absolute Gasteiger partial charge is 0.354 e. The van der Waals surface area contributed by atoms with Crippen LogP contribution in [0.15, 0.2) is 21.5 Å². The summed E-state index contributed by atoms with van der Waals surface area (Å²) in [6.07, 6.45) is 7.48. The van der Waals surface area contributed by atoms with Crippen LogP contribution in [-0.2, 0) is 42.1 Å². The Morgan fingerprint density at radius 1 is 1.27 bits per heavy atom. The zero-order chi connectivity index (χ0) is 20.9. The van der Waals surface area contributed by atoms with Crippen LogP contribution in [0.4, 0.5) is 10.5 Å². The van der Waals surface area contributed by atoms with Crippen LogP contribution in [0.2, 0.25) is 0 Å². The van der Waals surface area contributed by atoms with Gasteiger partial charge in [-0.25, -0.2) is 18.8 Å². The molecule has 1 unspecified atom stereocenters. The molecule has 9 nitrogen and oxygen atoms in total. The predicted octanol–water partition coefficient (Wildman–Crippen LogP) is 1.77. The van der Waals surface area contributed by atoms with Crippen molar-refractivity contribution >= 4 is 21.6 Å². The number of fused-ring (bicyclic) bond motifs is 3. The van der Waals surface area contributed by atoms with Crippen molar-refractivity contribution < 1.29 is 13.7 Å². The fourth-order valence-electron chi connectivity index (χ4n) is 4.72. The molecule has 0 bridgehead atoms. The highest BCUT2D eigenvalue weighted by Gasteiger charge is 2.28. The second-order valence-electron chi connectivity index (χ2n) is 8.12. The summed E-state index contributed by atoms with van der Waals surface area (Å²) >= 11 is 0. The van der Waals surface area contributed by atoms with Gasteiger partial charge in [0.1, 0.15) is 11.5 Å². The number of aromatic nitrogens is 2. The van der Waals surface area contributed by atoms with Crippen molar-refractivity contribution in [1.29, 1.82) is 0 Å². The van der Waals surface area contributed by atoms with Gasteiger partial charge >= 0.3 is 6.03 Å². The molecule has 1 aliphatic heterocycles. The summed E-state index contributed by atoms with van der Waals surface area (Å²) in [7, 11) is -1.66. The average Bonchev–Trinajstić information content (AvgIpc) is 3.45. The number of ether oxygens (including phenoxy) is 1. The minimum absolute atomic E-state index is 0.0987. The maximum absolute atomic E-state index is 13.1. The Kier molecular flexibility index (Phi) is 4.79. The number of carbonyl (C=O) groups is 1. The average molecular weight is 431 g/mol. The van der Waals surface area contributed by atoms with Gasteiger partial charge in [-0.15, -0.1) is 4.36 Å². The summed E-state index contributed by atoms with van der Waals surface area (Å²) < 4.78 is 24.3. The molecule has 160 valence electrons. The number of nitrogens with two attached hydrogens (primary N) is 1. The number of likely N-dealkylation sites (N-methyl/N-ethyl adjacent to an activating group) is 1. The first kappa shape index (κ1) is 19.5. The van der Waals surface area contributed by atoms with Gasteiger partial charge in [-0.05, 0) is 67.8 Å². The van der Waals surface area contributed by atoms with Gasteiger partial charge in [-0.2, -0.15) is 5.10 Å². The first-order chi connectivity index (χ1) is 14.5. The molecule has 0 saturated heterocycles. The lowest BCUT2D eigenvalue weighted by Gasteiger charge is -2.24. The fraction of sp³-hybridized carbons (Fsp3) is 0.500. The van der Waals surface area contributed by atoms with Crippen molar-refractivity contribution in [3.63, 3.8) is 0 Å². The Morgan fingerprint density at radius 2 is 1.97 bits per heavy atom. The Bertz CT molecular complexity index is 1120. The lowest BCUT2D eigenvalue weighted by Crippen LogP contribution is -2.40.